The van der Waals surface area contributed by atoms with Crippen molar-refractivity contribution in [2.24, 2.45) is 0 Å². The third-order valence-corrected chi connectivity index (χ3v) is 3.77. The van der Waals surface area contributed by atoms with E-state index in [9.17, 15) is 0 Å². The van der Waals surface area contributed by atoms with Crippen molar-refractivity contribution in [1.82, 2.24) is 0 Å². The fraction of sp³-hybridized carbons (Fsp3) is 0.250. The Hall–Kier alpha value is -2.76. The van der Waals surface area contributed by atoms with Gasteiger partial charge in [0.15, 0.2) is 22.8 Å². The number of methoxy groups -OCH3 is 3. The van der Waals surface area contributed by atoms with Crippen LogP contribution in [0.3, 0.4) is 0 Å². The number of fused-ring (bicyclic) bond motifs is 4. The van der Waals surface area contributed by atoms with Crippen LogP contribution in [0.5, 0.6) is 28.7 Å². The topological polar surface area (TPSA) is 59.3 Å². The van der Waals surface area contributed by atoms with Gasteiger partial charge in [-0.25, -0.2) is 0 Å². The Morgan fingerprint density at radius 1 is 0.864 bits per heavy atom. The zero-order valence-electron chi connectivity index (χ0n) is 12.4. The van der Waals surface area contributed by atoms with E-state index in [1.807, 2.05) is 12.1 Å². The van der Waals surface area contributed by atoms with Gasteiger partial charge in [0, 0.05) is 16.8 Å². The molecule has 1 aliphatic rings. The summed E-state index contributed by atoms with van der Waals surface area (Å²) in [4.78, 5) is 0. The number of ether oxygens (including phenoxy) is 5. The molecule has 0 aliphatic carbocycles. The molecule has 1 aromatic heterocycles. The molecule has 0 atom stereocenters. The summed E-state index contributed by atoms with van der Waals surface area (Å²) in [6.07, 6.45) is 0. The quantitative estimate of drug-likeness (QED) is 0.739. The maximum Gasteiger partial charge on any atom is 0.231 e. The zero-order valence-corrected chi connectivity index (χ0v) is 12.4. The van der Waals surface area contributed by atoms with Gasteiger partial charge in [-0.3, -0.25) is 0 Å². The van der Waals surface area contributed by atoms with E-state index in [0.29, 0.717) is 39.9 Å². The average Bonchev–Trinajstić information content (AvgIpc) is 3.14. The molecular weight excluding hydrogens is 288 g/mol. The van der Waals surface area contributed by atoms with E-state index in [-0.39, 0.29) is 6.79 Å². The molecule has 0 radical (unpaired) electrons. The molecule has 0 saturated heterocycles. The minimum absolute atomic E-state index is 0.174. The summed E-state index contributed by atoms with van der Waals surface area (Å²) >= 11 is 0. The largest absolute Gasteiger partial charge is 0.493 e. The van der Waals surface area contributed by atoms with Crippen LogP contribution in [-0.2, 0) is 0 Å². The highest BCUT2D eigenvalue weighted by atomic mass is 16.7. The van der Waals surface area contributed by atoms with Crippen molar-refractivity contribution < 1.29 is 28.1 Å². The summed E-state index contributed by atoms with van der Waals surface area (Å²) in [6.45, 7) is 0.174. The van der Waals surface area contributed by atoms with E-state index in [2.05, 4.69) is 0 Å². The second-order valence-corrected chi connectivity index (χ2v) is 4.83. The molecule has 4 rings (SSSR count). The Morgan fingerprint density at radius 2 is 1.64 bits per heavy atom. The molecule has 0 N–H and O–H groups in total. The van der Waals surface area contributed by atoms with Gasteiger partial charge in [0.1, 0.15) is 5.58 Å². The molecule has 3 aromatic rings. The predicted octanol–water partition coefficient (Wildman–Crippen LogP) is 3.34. The van der Waals surface area contributed by atoms with Crippen LogP contribution in [0.2, 0.25) is 0 Å². The lowest BCUT2D eigenvalue weighted by Crippen LogP contribution is -1.94. The van der Waals surface area contributed by atoms with Crippen molar-refractivity contribution in [3.05, 3.63) is 18.2 Å². The van der Waals surface area contributed by atoms with Gasteiger partial charge < -0.3 is 28.1 Å². The van der Waals surface area contributed by atoms with E-state index >= 15 is 0 Å². The third-order valence-electron chi connectivity index (χ3n) is 3.77. The first-order chi connectivity index (χ1) is 10.8. The molecule has 6 heteroatoms. The highest BCUT2D eigenvalue weighted by molar-refractivity contribution is 6.09. The zero-order chi connectivity index (χ0) is 15.3. The summed E-state index contributed by atoms with van der Waals surface area (Å²) in [6, 6.07) is 5.56. The van der Waals surface area contributed by atoms with Crippen molar-refractivity contribution in [1.29, 1.82) is 0 Å². The average molecular weight is 302 g/mol. The van der Waals surface area contributed by atoms with Gasteiger partial charge in [0.2, 0.25) is 18.3 Å². The fourth-order valence-corrected chi connectivity index (χ4v) is 2.75. The summed E-state index contributed by atoms with van der Waals surface area (Å²) in [5.74, 6) is 2.97. The van der Waals surface area contributed by atoms with Gasteiger partial charge in [0.05, 0.1) is 21.3 Å². The molecule has 114 valence electrons. The van der Waals surface area contributed by atoms with Gasteiger partial charge in [-0.2, -0.15) is 0 Å². The van der Waals surface area contributed by atoms with E-state index in [1.165, 1.54) is 0 Å². The maximum absolute atomic E-state index is 5.95. The monoisotopic (exact) mass is 302 g/mol. The highest BCUT2D eigenvalue weighted by Gasteiger charge is 2.26. The second-order valence-electron chi connectivity index (χ2n) is 4.83. The number of furan rings is 1. The van der Waals surface area contributed by atoms with Crippen LogP contribution in [-0.4, -0.2) is 28.1 Å². The lowest BCUT2D eigenvalue weighted by Gasteiger charge is -2.06. The molecule has 0 unspecified atom stereocenters. The second kappa shape index (κ2) is 4.62. The summed E-state index contributed by atoms with van der Waals surface area (Å²) < 4.78 is 33.0. The molecule has 0 fully saturated rings. The van der Waals surface area contributed by atoms with Crippen LogP contribution in [0.15, 0.2) is 22.6 Å². The number of rotatable bonds is 3. The highest BCUT2D eigenvalue weighted by Crippen LogP contribution is 2.49. The molecule has 6 nitrogen and oxygen atoms in total. The molecule has 0 bridgehead atoms. The van der Waals surface area contributed by atoms with Crippen molar-refractivity contribution in [3.63, 3.8) is 0 Å². The van der Waals surface area contributed by atoms with E-state index in [1.54, 1.807) is 27.4 Å². The van der Waals surface area contributed by atoms with Crippen molar-refractivity contribution >= 4 is 21.9 Å². The summed E-state index contributed by atoms with van der Waals surface area (Å²) in [5, 5.41) is 1.77. The van der Waals surface area contributed by atoms with Gasteiger partial charge in [-0.1, -0.05) is 0 Å². The van der Waals surface area contributed by atoms with Crippen molar-refractivity contribution in [2.45, 2.75) is 0 Å². The predicted molar refractivity (Wildman–Crippen MR) is 79.5 cm³/mol. The first-order valence-corrected chi connectivity index (χ1v) is 6.71. The normalized spacial score (nSPS) is 12.9. The Kier molecular flexibility index (Phi) is 2.72. The van der Waals surface area contributed by atoms with Crippen LogP contribution in [0.4, 0.5) is 0 Å². The Balaban J connectivity index is 2.11. The van der Waals surface area contributed by atoms with Crippen LogP contribution in [0.25, 0.3) is 21.9 Å². The Morgan fingerprint density at radius 3 is 2.36 bits per heavy atom. The number of hydrogen-bond acceptors (Lipinski definition) is 6. The minimum Gasteiger partial charge on any atom is -0.493 e. The molecule has 2 aromatic carbocycles. The first kappa shape index (κ1) is 12.9. The SMILES string of the molecule is COc1cc2oc3c(OC)c4c(cc3c2cc1OC)OCO4. The standard InChI is InChI=1S/C16H14O6/c1-17-11-4-8-9-5-13-15(21-7-20-13)16(19-3)14(9)22-10(8)6-12(11)18-2/h4-6H,7H2,1-3H3. The Bertz CT molecular complexity index is 880. The lowest BCUT2D eigenvalue weighted by molar-refractivity contribution is 0.171. The molecule has 0 spiro atoms. The lowest BCUT2D eigenvalue weighted by atomic mass is 10.1. The van der Waals surface area contributed by atoms with Gasteiger partial charge in [0.25, 0.3) is 0 Å². The van der Waals surface area contributed by atoms with Gasteiger partial charge >= 0.3 is 0 Å². The van der Waals surface area contributed by atoms with Crippen molar-refractivity contribution in [2.75, 3.05) is 28.1 Å². The Labute approximate surface area is 126 Å². The molecule has 22 heavy (non-hydrogen) atoms. The van der Waals surface area contributed by atoms with Gasteiger partial charge in [-0.05, 0) is 12.1 Å². The van der Waals surface area contributed by atoms with Crippen LogP contribution in [0, 0.1) is 0 Å². The van der Waals surface area contributed by atoms with Crippen LogP contribution >= 0.6 is 0 Å². The fourth-order valence-electron chi connectivity index (χ4n) is 2.75. The van der Waals surface area contributed by atoms with E-state index in [4.69, 9.17) is 28.1 Å². The molecule has 2 heterocycles. The molecule has 0 amide bonds. The van der Waals surface area contributed by atoms with Gasteiger partial charge in [-0.15, -0.1) is 0 Å². The van der Waals surface area contributed by atoms with Crippen LogP contribution < -0.4 is 23.7 Å². The maximum atomic E-state index is 5.95. The first-order valence-electron chi connectivity index (χ1n) is 6.71. The smallest absolute Gasteiger partial charge is 0.231 e. The molecule has 1 aliphatic heterocycles. The van der Waals surface area contributed by atoms with E-state index in [0.717, 1.165) is 10.8 Å². The third kappa shape index (κ3) is 1.60. The number of hydrogen-bond donors (Lipinski definition) is 0. The van der Waals surface area contributed by atoms with Crippen LogP contribution in [0.1, 0.15) is 0 Å². The number of benzene rings is 2. The van der Waals surface area contributed by atoms with E-state index < -0.39 is 0 Å². The molecule has 0 saturated carbocycles. The van der Waals surface area contributed by atoms with Crippen molar-refractivity contribution in [3.8, 4) is 28.7 Å². The minimum atomic E-state index is 0.174. The summed E-state index contributed by atoms with van der Waals surface area (Å²) in [7, 11) is 4.76. The molecular formula is C16H14O6. The summed E-state index contributed by atoms with van der Waals surface area (Å²) in [5.41, 5.74) is 1.28.